The number of nitrogens with zero attached hydrogens (tertiary/aromatic N) is 1. The van der Waals surface area contributed by atoms with Gasteiger partial charge in [-0.15, -0.1) is 0 Å². The number of rotatable bonds is 6. The topological polar surface area (TPSA) is 3.24 Å². The Morgan fingerprint density at radius 2 is 0.875 bits per heavy atom. The van der Waals surface area contributed by atoms with Gasteiger partial charge in [-0.3, -0.25) is 0 Å². The van der Waals surface area contributed by atoms with Gasteiger partial charge in [0.1, 0.15) is 0 Å². The Morgan fingerprint density at radius 3 is 1.68 bits per heavy atom. The third-order valence-electron chi connectivity index (χ3n) is 11.9. The lowest BCUT2D eigenvalue weighted by Crippen LogP contribution is -2.28. The zero-order valence-electron chi connectivity index (χ0n) is 30.8. The van der Waals surface area contributed by atoms with E-state index in [1.54, 1.807) is 0 Å². The highest BCUT2D eigenvalue weighted by molar-refractivity contribution is 6.09. The van der Waals surface area contributed by atoms with Crippen molar-refractivity contribution in [2.75, 3.05) is 4.90 Å². The zero-order chi connectivity index (χ0) is 37.1. The monoisotopic (exact) mass is 711 g/mol. The van der Waals surface area contributed by atoms with Crippen LogP contribution in [0.3, 0.4) is 0 Å². The van der Waals surface area contributed by atoms with Crippen molar-refractivity contribution >= 4 is 49.4 Å². The first kappa shape index (κ1) is 32.2. The van der Waals surface area contributed by atoms with Crippen molar-refractivity contribution in [2.45, 2.75) is 5.41 Å². The van der Waals surface area contributed by atoms with Crippen LogP contribution in [-0.4, -0.2) is 0 Å². The summed E-state index contributed by atoms with van der Waals surface area (Å²) in [6.45, 7) is 0. The van der Waals surface area contributed by atoms with Crippen molar-refractivity contribution in [1.29, 1.82) is 0 Å². The summed E-state index contributed by atoms with van der Waals surface area (Å²) in [5.41, 5.74) is 12.9. The van der Waals surface area contributed by atoms with E-state index in [1.165, 1.54) is 76.8 Å². The molecule has 0 aromatic heterocycles. The van der Waals surface area contributed by atoms with Crippen LogP contribution in [0.5, 0.6) is 0 Å². The second-order valence-electron chi connectivity index (χ2n) is 14.8. The fourth-order valence-corrected chi connectivity index (χ4v) is 9.49. The standard InChI is InChI=1S/C55H37N/c1-3-20-43(21-4-1)55(44-22-5-2-6-23-44)50-28-12-11-27-49(50)54-51(55)29-15-31-53(54)56(52-30-14-18-38-16-8-10-26-48(38)52)45-24-13-19-40(37-45)41-34-35-47-42(36-41)33-32-39-17-7-9-25-46(39)47/h1-37H. The van der Waals surface area contributed by atoms with Gasteiger partial charge in [-0.1, -0.05) is 194 Å². The van der Waals surface area contributed by atoms with Crippen molar-refractivity contribution < 1.29 is 0 Å². The average Bonchev–Trinajstić information content (AvgIpc) is 3.59. The van der Waals surface area contributed by atoms with Crippen molar-refractivity contribution in [2.24, 2.45) is 0 Å². The fraction of sp³-hybridized carbons (Fsp3) is 0.0182. The van der Waals surface area contributed by atoms with Gasteiger partial charge in [0.2, 0.25) is 0 Å². The summed E-state index contributed by atoms with van der Waals surface area (Å²) in [6.07, 6.45) is 0. The van der Waals surface area contributed by atoms with Crippen molar-refractivity contribution in [1.82, 2.24) is 0 Å². The molecule has 10 aromatic carbocycles. The third-order valence-corrected chi connectivity index (χ3v) is 11.9. The van der Waals surface area contributed by atoms with Gasteiger partial charge in [0, 0.05) is 16.6 Å². The van der Waals surface area contributed by atoms with E-state index < -0.39 is 5.41 Å². The maximum Gasteiger partial charge on any atom is 0.0714 e. The summed E-state index contributed by atoms with van der Waals surface area (Å²) in [5, 5.41) is 7.49. The van der Waals surface area contributed by atoms with Crippen molar-refractivity contribution in [3.05, 3.63) is 247 Å². The van der Waals surface area contributed by atoms with E-state index in [2.05, 4.69) is 229 Å². The number of fused-ring (bicyclic) bond motifs is 7. The molecule has 0 amide bonds. The molecule has 1 nitrogen and oxygen atoms in total. The molecule has 1 aliphatic carbocycles. The van der Waals surface area contributed by atoms with E-state index in [9.17, 15) is 0 Å². The molecule has 0 heterocycles. The summed E-state index contributed by atoms with van der Waals surface area (Å²) in [4.78, 5) is 2.50. The van der Waals surface area contributed by atoms with E-state index in [1.807, 2.05) is 0 Å². The van der Waals surface area contributed by atoms with Crippen LogP contribution in [0, 0.1) is 0 Å². The number of hydrogen-bond donors (Lipinski definition) is 0. The van der Waals surface area contributed by atoms with Gasteiger partial charge in [-0.2, -0.15) is 0 Å². The Balaban J connectivity index is 1.18. The molecule has 0 saturated heterocycles. The minimum absolute atomic E-state index is 0.494. The first-order chi connectivity index (χ1) is 27.8. The van der Waals surface area contributed by atoms with E-state index in [-0.39, 0.29) is 0 Å². The molecule has 56 heavy (non-hydrogen) atoms. The second-order valence-corrected chi connectivity index (χ2v) is 14.8. The number of benzene rings is 10. The van der Waals surface area contributed by atoms with Crippen LogP contribution in [0.25, 0.3) is 54.6 Å². The van der Waals surface area contributed by atoms with Crippen LogP contribution in [-0.2, 0) is 5.41 Å². The van der Waals surface area contributed by atoms with Gasteiger partial charge in [0.25, 0.3) is 0 Å². The highest BCUT2D eigenvalue weighted by Gasteiger charge is 2.47. The maximum atomic E-state index is 2.50. The Kier molecular flexibility index (Phi) is 7.47. The molecule has 1 heteroatoms. The van der Waals surface area contributed by atoms with Crippen LogP contribution >= 0.6 is 0 Å². The number of anilines is 3. The van der Waals surface area contributed by atoms with Crippen LogP contribution in [0.2, 0.25) is 0 Å². The smallest absolute Gasteiger partial charge is 0.0714 e. The Morgan fingerprint density at radius 1 is 0.321 bits per heavy atom. The molecule has 0 fully saturated rings. The van der Waals surface area contributed by atoms with Crippen LogP contribution in [0.4, 0.5) is 17.1 Å². The SMILES string of the molecule is c1ccc(C2(c3ccccc3)c3ccccc3-c3c(N(c4cccc(-c5ccc6c(ccc7ccccc76)c5)c4)c4cccc5ccccc45)cccc32)cc1. The molecule has 0 saturated carbocycles. The lowest BCUT2D eigenvalue weighted by molar-refractivity contribution is 0.768. The maximum absolute atomic E-state index is 2.50. The molecule has 1 aliphatic rings. The van der Waals surface area contributed by atoms with E-state index in [0.29, 0.717) is 0 Å². The Labute approximate surface area is 327 Å². The third kappa shape index (κ3) is 4.88. The van der Waals surface area contributed by atoms with Crippen LogP contribution in [0.1, 0.15) is 22.3 Å². The predicted molar refractivity (Wildman–Crippen MR) is 236 cm³/mol. The molecule has 0 radical (unpaired) electrons. The van der Waals surface area contributed by atoms with E-state index in [4.69, 9.17) is 0 Å². The van der Waals surface area contributed by atoms with Crippen LogP contribution in [0.15, 0.2) is 224 Å². The van der Waals surface area contributed by atoms with Gasteiger partial charge in [0.15, 0.2) is 0 Å². The molecule has 0 N–H and O–H groups in total. The summed E-state index contributed by atoms with van der Waals surface area (Å²) < 4.78 is 0. The minimum Gasteiger partial charge on any atom is -0.309 e. The Hall–Kier alpha value is -7.22. The lowest BCUT2D eigenvalue weighted by atomic mass is 9.68. The molecule has 11 rings (SSSR count). The van der Waals surface area contributed by atoms with Gasteiger partial charge in [-0.05, 0) is 96.2 Å². The second kappa shape index (κ2) is 13.0. The Bertz CT molecular complexity index is 3040. The van der Waals surface area contributed by atoms with Crippen molar-refractivity contribution in [3.8, 4) is 22.3 Å². The quantitative estimate of drug-likeness (QED) is 0.155. The average molecular weight is 712 g/mol. The number of hydrogen-bond acceptors (Lipinski definition) is 1. The summed E-state index contributed by atoms with van der Waals surface area (Å²) in [5.74, 6) is 0. The van der Waals surface area contributed by atoms with E-state index >= 15 is 0 Å². The van der Waals surface area contributed by atoms with Gasteiger partial charge in [0.05, 0.1) is 16.8 Å². The normalized spacial score (nSPS) is 12.8. The lowest BCUT2D eigenvalue weighted by Gasteiger charge is -2.34. The molecule has 0 spiro atoms. The van der Waals surface area contributed by atoms with Gasteiger partial charge in [-0.25, -0.2) is 0 Å². The molecular weight excluding hydrogens is 675 g/mol. The molecular formula is C55H37N. The molecule has 0 atom stereocenters. The molecule has 10 aromatic rings. The van der Waals surface area contributed by atoms with E-state index in [0.717, 1.165) is 17.1 Å². The highest BCUT2D eigenvalue weighted by atomic mass is 15.1. The summed E-state index contributed by atoms with van der Waals surface area (Å²) in [6, 6.07) is 82.7. The van der Waals surface area contributed by atoms with Crippen LogP contribution < -0.4 is 4.90 Å². The fourth-order valence-electron chi connectivity index (χ4n) is 9.49. The highest BCUT2D eigenvalue weighted by Crippen LogP contribution is 2.59. The first-order valence-electron chi connectivity index (χ1n) is 19.4. The van der Waals surface area contributed by atoms with Gasteiger partial charge < -0.3 is 4.90 Å². The molecule has 0 aliphatic heterocycles. The van der Waals surface area contributed by atoms with Crippen molar-refractivity contribution in [3.63, 3.8) is 0 Å². The summed E-state index contributed by atoms with van der Waals surface area (Å²) in [7, 11) is 0. The summed E-state index contributed by atoms with van der Waals surface area (Å²) >= 11 is 0. The molecule has 0 unspecified atom stereocenters. The molecule has 262 valence electrons. The molecule has 0 bridgehead atoms. The minimum atomic E-state index is -0.494. The first-order valence-corrected chi connectivity index (χ1v) is 19.4. The van der Waals surface area contributed by atoms with Gasteiger partial charge >= 0.3 is 0 Å². The largest absolute Gasteiger partial charge is 0.309 e. The zero-order valence-corrected chi connectivity index (χ0v) is 30.8. The predicted octanol–water partition coefficient (Wildman–Crippen LogP) is 14.6.